The van der Waals surface area contributed by atoms with Crippen LogP contribution in [0.15, 0.2) is 24.3 Å². The quantitative estimate of drug-likeness (QED) is 0.690. The maximum absolute atomic E-state index is 13.3. The van der Waals surface area contributed by atoms with E-state index >= 15 is 0 Å². The highest BCUT2D eigenvalue weighted by atomic mass is 19.1. The lowest BCUT2D eigenvalue weighted by molar-refractivity contribution is -0.136. The van der Waals surface area contributed by atoms with Crippen molar-refractivity contribution in [3.63, 3.8) is 0 Å². The Hall–Kier alpha value is -2.87. The Morgan fingerprint density at radius 3 is 2.69 bits per heavy atom. The van der Waals surface area contributed by atoms with Crippen LogP contribution >= 0.6 is 0 Å². The van der Waals surface area contributed by atoms with Crippen LogP contribution in [-0.4, -0.2) is 52.5 Å². The number of hydrogen-bond acceptors (Lipinski definition) is 5. The predicted octanol–water partition coefficient (Wildman–Crippen LogP) is 3.14. The van der Waals surface area contributed by atoms with Gasteiger partial charge in [-0.1, -0.05) is 12.1 Å². The van der Waals surface area contributed by atoms with Crippen LogP contribution < -0.4 is 4.90 Å². The topological polar surface area (TPSA) is 75.6 Å². The van der Waals surface area contributed by atoms with Gasteiger partial charge in [-0.3, -0.25) is 14.5 Å². The van der Waals surface area contributed by atoms with Gasteiger partial charge in [0, 0.05) is 36.7 Å². The van der Waals surface area contributed by atoms with Crippen LogP contribution in [0.5, 0.6) is 0 Å². The lowest BCUT2D eigenvalue weighted by atomic mass is 10.0. The van der Waals surface area contributed by atoms with Gasteiger partial charge in [0.15, 0.2) is 0 Å². The molecule has 2 amide bonds. The number of hydrogen-bond donors (Lipinski definition) is 0. The zero-order valence-corrected chi connectivity index (χ0v) is 18.8. The van der Waals surface area contributed by atoms with Crippen LogP contribution in [0, 0.1) is 12.7 Å². The summed E-state index contributed by atoms with van der Waals surface area (Å²) in [6.07, 6.45) is 1.80. The van der Waals surface area contributed by atoms with E-state index in [-0.39, 0.29) is 36.3 Å². The van der Waals surface area contributed by atoms with E-state index in [0.717, 1.165) is 23.2 Å². The summed E-state index contributed by atoms with van der Waals surface area (Å²) >= 11 is 0. The Balaban J connectivity index is 1.55. The van der Waals surface area contributed by atoms with E-state index in [1.54, 1.807) is 21.9 Å². The number of rotatable bonds is 6. The third-order valence-corrected chi connectivity index (χ3v) is 6.06. The Labute approximate surface area is 187 Å². The van der Waals surface area contributed by atoms with Gasteiger partial charge in [-0.25, -0.2) is 14.4 Å². The minimum atomic E-state index is -0.307. The third-order valence-electron chi connectivity index (χ3n) is 6.06. The Bertz CT molecular complexity index is 1010. The van der Waals surface area contributed by atoms with Gasteiger partial charge in [-0.05, 0) is 51.3 Å². The Morgan fingerprint density at radius 1 is 1.22 bits per heavy atom. The lowest BCUT2D eigenvalue weighted by Crippen LogP contribution is -2.36. The van der Waals surface area contributed by atoms with Crippen molar-refractivity contribution in [2.24, 2.45) is 0 Å². The molecule has 8 heteroatoms. The zero-order chi connectivity index (χ0) is 22.8. The SMILES string of the molecule is Cc1nc([C@@H]2CCN(C(=O)COC(C)C)C2)nc2c1CCC(=O)N2Cc1ccc(F)cc1. The van der Waals surface area contributed by atoms with Gasteiger partial charge in [-0.15, -0.1) is 0 Å². The Morgan fingerprint density at radius 2 is 1.97 bits per heavy atom. The molecule has 0 radical (unpaired) electrons. The molecule has 0 bridgehead atoms. The van der Waals surface area contributed by atoms with E-state index in [1.165, 1.54) is 12.1 Å². The minimum absolute atomic E-state index is 0.0000598. The first kappa shape index (κ1) is 22.3. The molecule has 2 aromatic rings. The molecule has 32 heavy (non-hydrogen) atoms. The fraction of sp³-hybridized carbons (Fsp3) is 0.500. The number of carbonyl (C=O) groups excluding carboxylic acids is 2. The summed E-state index contributed by atoms with van der Waals surface area (Å²) in [6, 6.07) is 6.17. The van der Waals surface area contributed by atoms with Crippen molar-refractivity contribution >= 4 is 17.6 Å². The number of carbonyl (C=O) groups is 2. The van der Waals surface area contributed by atoms with Crippen molar-refractivity contribution in [1.29, 1.82) is 0 Å². The molecule has 0 spiro atoms. The van der Waals surface area contributed by atoms with Crippen LogP contribution in [-0.2, 0) is 27.3 Å². The third kappa shape index (κ3) is 4.80. The van der Waals surface area contributed by atoms with E-state index < -0.39 is 0 Å². The fourth-order valence-corrected chi connectivity index (χ4v) is 4.25. The first-order valence-electron chi connectivity index (χ1n) is 11.1. The summed E-state index contributed by atoms with van der Waals surface area (Å²) in [4.78, 5) is 38.2. The van der Waals surface area contributed by atoms with Gasteiger partial charge in [0.2, 0.25) is 11.8 Å². The van der Waals surface area contributed by atoms with Crippen molar-refractivity contribution in [3.05, 3.63) is 52.7 Å². The van der Waals surface area contributed by atoms with Crippen molar-refractivity contribution in [2.75, 3.05) is 24.6 Å². The number of likely N-dealkylation sites (tertiary alicyclic amines) is 1. The number of fused-ring (bicyclic) bond motifs is 1. The summed E-state index contributed by atoms with van der Waals surface area (Å²) in [6.45, 7) is 7.36. The monoisotopic (exact) mass is 440 g/mol. The highest BCUT2D eigenvalue weighted by molar-refractivity contribution is 5.95. The molecule has 1 aromatic carbocycles. The van der Waals surface area contributed by atoms with Crippen molar-refractivity contribution in [3.8, 4) is 0 Å². The second-order valence-electron chi connectivity index (χ2n) is 8.76. The number of halogens is 1. The number of aromatic nitrogens is 2. The molecule has 170 valence electrons. The molecule has 0 aliphatic carbocycles. The molecule has 1 aromatic heterocycles. The first-order chi connectivity index (χ1) is 15.3. The van der Waals surface area contributed by atoms with E-state index in [2.05, 4.69) is 0 Å². The lowest BCUT2D eigenvalue weighted by Gasteiger charge is -2.30. The normalized spacial score (nSPS) is 18.4. The van der Waals surface area contributed by atoms with E-state index in [4.69, 9.17) is 14.7 Å². The van der Waals surface area contributed by atoms with E-state index in [9.17, 15) is 14.0 Å². The molecule has 0 unspecified atom stereocenters. The van der Waals surface area contributed by atoms with Gasteiger partial charge >= 0.3 is 0 Å². The van der Waals surface area contributed by atoms with Crippen molar-refractivity contribution < 1.29 is 18.7 Å². The van der Waals surface area contributed by atoms with Crippen LogP contribution in [0.1, 0.15) is 55.3 Å². The average molecular weight is 441 g/mol. The van der Waals surface area contributed by atoms with Gasteiger partial charge < -0.3 is 9.64 Å². The van der Waals surface area contributed by atoms with Crippen LogP contribution in [0.25, 0.3) is 0 Å². The maximum atomic E-state index is 13.3. The van der Waals surface area contributed by atoms with Gasteiger partial charge in [0.25, 0.3) is 0 Å². The predicted molar refractivity (Wildman–Crippen MR) is 118 cm³/mol. The molecule has 1 fully saturated rings. The average Bonchev–Trinajstić information content (AvgIpc) is 3.26. The smallest absolute Gasteiger partial charge is 0.248 e. The number of ether oxygens (including phenoxy) is 1. The van der Waals surface area contributed by atoms with Gasteiger partial charge in [-0.2, -0.15) is 0 Å². The molecule has 2 aliphatic rings. The van der Waals surface area contributed by atoms with Gasteiger partial charge in [0.05, 0.1) is 12.6 Å². The number of aryl methyl sites for hydroxylation is 1. The number of nitrogens with zero attached hydrogens (tertiary/aromatic N) is 4. The molecule has 1 saturated heterocycles. The molecule has 0 saturated carbocycles. The number of amides is 2. The summed E-state index contributed by atoms with van der Waals surface area (Å²) in [7, 11) is 0. The number of benzene rings is 1. The first-order valence-corrected chi connectivity index (χ1v) is 11.1. The van der Waals surface area contributed by atoms with E-state index in [1.807, 2.05) is 20.8 Å². The molecule has 3 heterocycles. The largest absolute Gasteiger partial charge is 0.369 e. The molecular formula is C24H29FN4O3. The molecular weight excluding hydrogens is 411 g/mol. The van der Waals surface area contributed by atoms with Crippen LogP contribution in [0.4, 0.5) is 10.2 Å². The molecule has 1 atom stereocenters. The summed E-state index contributed by atoms with van der Waals surface area (Å²) in [5.74, 6) is 0.996. The molecule has 7 nitrogen and oxygen atoms in total. The summed E-state index contributed by atoms with van der Waals surface area (Å²) in [5, 5.41) is 0. The van der Waals surface area contributed by atoms with Crippen molar-refractivity contribution in [1.82, 2.24) is 14.9 Å². The van der Waals surface area contributed by atoms with Gasteiger partial charge in [0.1, 0.15) is 24.1 Å². The highest BCUT2D eigenvalue weighted by Gasteiger charge is 2.33. The second kappa shape index (κ2) is 9.32. The molecule has 0 N–H and O–H groups in total. The van der Waals surface area contributed by atoms with Crippen molar-refractivity contribution in [2.45, 2.75) is 58.6 Å². The molecule has 4 rings (SSSR count). The van der Waals surface area contributed by atoms with Crippen LogP contribution in [0.3, 0.4) is 0 Å². The summed E-state index contributed by atoms with van der Waals surface area (Å²) in [5.41, 5.74) is 2.69. The van der Waals surface area contributed by atoms with Crippen LogP contribution in [0.2, 0.25) is 0 Å². The fourth-order valence-electron chi connectivity index (χ4n) is 4.25. The summed E-state index contributed by atoms with van der Waals surface area (Å²) < 4.78 is 18.7. The zero-order valence-electron chi connectivity index (χ0n) is 18.8. The minimum Gasteiger partial charge on any atom is -0.369 e. The maximum Gasteiger partial charge on any atom is 0.248 e. The Kier molecular flexibility index (Phi) is 6.50. The van der Waals surface area contributed by atoms with E-state index in [0.29, 0.717) is 44.1 Å². The standard InChI is InChI=1S/C24H29FN4O3/c1-15(2)32-14-22(31)28-11-10-18(13-28)23-26-16(3)20-8-9-21(30)29(24(20)27-23)12-17-4-6-19(25)7-5-17/h4-7,15,18H,8-14H2,1-3H3/t18-/m1/s1. The number of anilines is 1. The highest BCUT2D eigenvalue weighted by Crippen LogP contribution is 2.33. The second-order valence-corrected chi connectivity index (χ2v) is 8.76. The molecule has 2 aliphatic heterocycles.